The topological polar surface area (TPSA) is 103 Å². The van der Waals surface area contributed by atoms with E-state index >= 15 is 0 Å². The molecule has 0 aliphatic rings. The second-order valence-corrected chi connectivity index (χ2v) is 7.97. The van der Waals surface area contributed by atoms with E-state index in [4.69, 9.17) is 9.92 Å². The molecule has 0 fully saturated rings. The highest BCUT2D eigenvalue weighted by atomic mass is 79.9. The van der Waals surface area contributed by atoms with Gasteiger partial charge in [-0.1, -0.05) is 24.3 Å². The third kappa shape index (κ3) is 3.88. The number of nitrogens with two attached hydrogens (primary N) is 1. The minimum atomic E-state index is -3.96. The fourth-order valence-corrected chi connectivity index (χ4v) is 4.06. The molecule has 8 heteroatoms. The fraction of sp³-hybridized carbons (Fsp3) is 0.167. The maximum atomic E-state index is 12.4. The number of halogens is 1. The summed E-state index contributed by atoms with van der Waals surface area (Å²) in [6.07, 6.45) is -0.400. The van der Waals surface area contributed by atoms with Crippen LogP contribution in [0.2, 0.25) is 0 Å². The Morgan fingerprint density at radius 3 is 2.50 bits per heavy atom. The Labute approximate surface area is 159 Å². The molecule has 3 rings (SSSR count). The Morgan fingerprint density at radius 1 is 1.12 bits per heavy atom. The summed E-state index contributed by atoms with van der Waals surface area (Å²) in [6.45, 7) is 0.334. The fourth-order valence-electron chi connectivity index (χ4n) is 2.46. The van der Waals surface area contributed by atoms with Gasteiger partial charge >= 0.3 is 10.1 Å². The molecule has 0 bridgehead atoms. The summed E-state index contributed by atoms with van der Waals surface area (Å²) in [5.74, 6) is 0.124. The van der Waals surface area contributed by atoms with Crippen LogP contribution in [0.5, 0.6) is 5.75 Å². The number of fused-ring (bicyclic) bond motifs is 1. The Kier molecular flexibility index (Phi) is 5.57. The lowest BCUT2D eigenvalue weighted by molar-refractivity contribution is 0.166. The molecule has 6 nitrogen and oxygen atoms in total. The maximum absolute atomic E-state index is 12.4. The van der Waals surface area contributed by atoms with Crippen LogP contribution in [0.4, 0.5) is 0 Å². The standard InChI is InChI=1S/C18H17BrN2O4S/c19-17-16(25-26(23,24)13-4-2-1-3-5-13)9-7-12-6-8-14(21-18(12)17)15(22)10-11-20/h1-9,15,22H,10-11,20H2. The first-order chi connectivity index (χ1) is 12.4. The second-order valence-electron chi connectivity index (χ2n) is 5.63. The van der Waals surface area contributed by atoms with Crippen molar-refractivity contribution in [2.24, 2.45) is 5.73 Å². The average molecular weight is 437 g/mol. The molecule has 2 aromatic carbocycles. The number of hydrogen-bond acceptors (Lipinski definition) is 6. The summed E-state index contributed by atoms with van der Waals surface area (Å²) in [5.41, 5.74) is 6.44. The van der Waals surface area contributed by atoms with E-state index in [1.54, 1.807) is 42.5 Å². The monoisotopic (exact) mass is 436 g/mol. The van der Waals surface area contributed by atoms with Crippen LogP contribution in [0, 0.1) is 0 Å². The smallest absolute Gasteiger partial charge is 0.339 e. The average Bonchev–Trinajstić information content (AvgIpc) is 2.65. The molecule has 1 heterocycles. The summed E-state index contributed by atoms with van der Waals surface area (Å²) < 4.78 is 30.5. The summed E-state index contributed by atoms with van der Waals surface area (Å²) >= 11 is 3.37. The molecule has 0 spiro atoms. The van der Waals surface area contributed by atoms with Gasteiger partial charge in [0.05, 0.1) is 21.8 Å². The van der Waals surface area contributed by atoms with Gasteiger partial charge in [-0.3, -0.25) is 0 Å². The molecule has 1 aromatic heterocycles. The van der Waals surface area contributed by atoms with E-state index in [0.717, 1.165) is 5.39 Å². The number of benzene rings is 2. The Morgan fingerprint density at radius 2 is 1.81 bits per heavy atom. The highest BCUT2D eigenvalue weighted by Gasteiger charge is 2.19. The van der Waals surface area contributed by atoms with Crippen molar-refractivity contribution in [3.63, 3.8) is 0 Å². The molecule has 0 radical (unpaired) electrons. The molecular weight excluding hydrogens is 420 g/mol. The van der Waals surface area contributed by atoms with Crippen LogP contribution in [0.1, 0.15) is 18.2 Å². The van der Waals surface area contributed by atoms with Crippen LogP contribution in [0.3, 0.4) is 0 Å². The molecular formula is C18H17BrN2O4S. The van der Waals surface area contributed by atoms with Gasteiger partial charge in [0.15, 0.2) is 5.75 Å². The maximum Gasteiger partial charge on any atom is 0.339 e. The zero-order chi connectivity index (χ0) is 18.7. The van der Waals surface area contributed by atoms with Crippen molar-refractivity contribution in [2.45, 2.75) is 17.4 Å². The number of aliphatic hydroxyl groups is 1. The van der Waals surface area contributed by atoms with Gasteiger partial charge in [0.1, 0.15) is 4.90 Å². The predicted octanol–water partition coefficient (Wildman–Crippen LogP) is 3.15. The summed E-state index contributed by atoms with van der Waals surface area (Å²) in [5, 5.41) is 10.9. The van der Waals surface area contributed by atoms with E-state index in [0.29, 0.717) is 28.6 Å². The van der Waals surface area contributed by atoms with Crippen molar-refractivity contribution in [1.82, 2.24) is 4.98 Å². The molecule has 26 heavy (non-hydrogen) atoms. The zero-order valence-corrected chi connectivity index (χ0v) is 16.1. The van der Waals surface area contributed by atoms with Crippen molar-refractivity contribution < 1.29 is 17.7 Å². The SMILES string of the molecule is NCCC(O)c1ccc2ccc(OS(=O)(=O)c3ccccc3)c(Br)c2n1. The van der Waals surface area contributed by atoms with Gasteiger partial charge in [0, 0.05) is 5.39 Å². The summed E-state index contributed by atoms with van der Waals surface area (Å²) in [7, 11) is -3.96. The third-order valence-corrected chi connectivity index (χ3v) is 5.81. The van der Waals surface area contributed by atoms with Gasteiger partial charge < -0.3 is 15.0 Å². The van der Waals surface area contributed by atoms with Crippen molar-refractivity contribution in [3.05, 3.63) is 64.8 Å². The first-order valence-corrected chi connectivity index (χ1v) is 10.1. The number of hydrogen-bond donors (Lipinski definition) is 2. The van der Waals surface area contributed by atoms with E-state index in [1.807, 2.05) is 0 Å². The highest BCUT2D eigenvalue weighted by molar-refractivity contribution is 9.10. The van der Waals surface area contributed by atoms with Gasteiger partial charge in [0.2, 0.25) is 0 Å². The normalized spacial score (nSPS) is 12.9. The number of pyridine rings is 1. The van der Waals surface area contributed by atoms with Crippen molar-refractivity contribution >= 4 is 37.0 Å². The van der Waals surface area contributed by atoms with Gasteiger partial charge in [-0.2, -0.15) is 8.42 Å². The van der Waals surface area contributed by atoms with E-state index < -0.39 is 16.2 Å². The molecule has 0 amide bonds. The summed E-state index contributed by atoms with van der Waals surface area (Å²) in [6, 6.07) is 14.7. The first-order valence-electron chi connectivity index (χ1n) is 7.89. The van der Waals surface area contributed by atoms with Crippen molar-refractivity contribution in [1.29, 1.82) is 0 Å². The number of aromatic nitrogens is 1. The number of rotatable bonds is 6. The molecule has 0 saturated carbocycles. The minimum absolute atomic E-state index is 0.0621. The lowest BCUT2D eigenvalue weighted by atomic mass is 10.1. The first kappa shape index (κ1) is 18.8. The molecule has 1 unspecified atom stereocenters. The van der Waals surface area contributed by atoms with Crippen LogP contribution >= 0.6 is 15.9 Å². The Bertz CT molecular complexity index is 1030. The molecule has 0 aliphatic heterocycles. The highest BCUT2D eigenvalue weighted by Crippen LogP contribution is 2.34. The Hall–Kier alpha value is -2.00. The van der Waals surface area contributed by atoms with Gasteiger partial charge in [-0.15, -0.1) is 0 Å². The van der Waals surface area contributed by atoms with Gasteiger partial charge in [-0.05, 0) is 59.2 Å². The summed E-state index contributed by atoms with van der Waals surface area (Å²) in [4.78, 5) is 4.49. The quantitative estimate of drug-likeness (QED) is 0.575. The van der Waals surface area contributed by atoms with Crippen LogP contribution in [0.25, 0.3) is 10.9 Å². The van der Waals surface area contributed by atoms with E-state index in [9.17, 15) is 13.5 Å². The Balaban J connectivity index is 2.01. The molecule has 0 aliphatic carbocycles. The second kappa shape index (κ2) is 7.71. The van der Waals surface area contributed by atoms with Crippen LogP contribution in [0.15, 0.2) is 64.0 Å². The van der Waals surface area contributed by atoms with E-state index in [-0.39, 0.29) is 10.6 Å². The molecule has 1 atom stereocenters. The predicted molar refractivity (Wildman–Crippen MR) is 102 cm³/mol. The minimum Gasteiger partial charge on any atom is -0.387 e. The molecule has 0 saturated heterocycles. The largest absolute Gasteiger partial charge is 0.387 e. The number of nitrogens with zero attached hydrogens (tertiary/aromatic N) is 1. The van der Waals surface area contributed by atoms with Crippen molar-refractivity contribution in [2.75, 3.05) is 6.54 Å². The molecule has 3 N–H and O–H groups in total. The van der Waals surface area contributed by atoms with Crippen LogP contribution < -0.4 is 9.92 Å². The number of aliphatic hydroxyl groups excluding tert-OH is 1. The van der Waals surface area contributed by atoms with Crippen LogP contribution in [-0.4, -0.2) is 25.1 Å². The van der Waals surface area contributed by atoms with E-state index in [1.165, 1.54) is 12.1 Å². The molecule has 136 valence electrons. The van der Waals surface area contributed by atoms with Crippen LogP contribution in [-0.2, 0) is 10.1 Å². The van der Waals surface area contributed by atoms with Crippen molar-refractivity contribution in [3.8, 4) is 5.75 Å². The lowest BCUT2D eigenvalue weighted by Gasteiger charge is -2.13. The van der Waals surface area contributed by atoms with Gasteiger partial charge in [-0.25, -0.2) is 4.98 Å². The van der Waals surface area contributed by atoms with Gasteiger partial charge in [0.25, 0.3) is 0 Å². The van der Waals surface area contributed by atoms with E-state index in [2.05, 4.69) is 20.9 Å². The molecule has 3 aromatic rings. The third-order valence-electron chi connectivity index (χ3n) is 3.80. The zero-order valence-electron chi connectivity index (χ0n) is 13.7. The lowest BCUT2D eigenvalue weighted by Crippen LogP contribution is -2.10.